The number of rotatable bonds is 3. The number of hydrogen-bond acceptors (Lipinski definition) is 2. The highest BCUT2D eigenvalue weighted by Crippen LogP contribution is 2.32. The van der Waals surface area contributed by atoms with E-state index in [0.717, 1.165) is 25.7 Å². The van der Waals surface area contributed by atoms with Gasteiger partial charge in [0.1, 0.15) is 0 Å². The average Bonchev–Trinajstić information content (AvgIpc) is 2.39. The van der Waals surface area contributed by atoms with Gasteiger partial charge in [-0.25, -0.2) is 0 Å². The normalized spacial score (nSPS) is 28.6. The standard InChI is InChI=1S/C14H20ClNO3/c15-9-6-7-11(14(18)19)12(8-9)13(17)16-10-4-2-1-3-5-10/h6,10-12H,1-5,7-8H2,(H,16,17)(H,18,19)/t11-,12+/m1/s1. The summed E-state index contributed by atoms with van der Waals surface area (Å²) in [6, 6.07) is 0.209. The molecule has 1 saturated carbocycles. The minimum Gasteiger partial charge on any atom is -0.481 e. The molecule has 0 bridgehead atoms. The van der Waals surface area contributed by atoms with Crippen LogP contribution in [0.2, 0.25) is 0 Å². The molecule has 0 unspecified atom stereocenters. The number of carbonyl (C=O) groups excluding carboxylic acids is 1. The van der Waals surface area contributed by atoms with Crippen LogP contribution in [0.3, 0.4) is 0 Å². The number of amides is 1. The quantitative estimate of drug-likeness (QED) is 0.838. The number of nitrogens with one attached hydrogen (secondary N) is 1. The van der Waals surface area contributed by atoms with Gasteiger partial charge in [0.2, 0.25) is 5.91 Å². The fourth-order valence-electron chi connectivity index (χ4n) is 2.96. The molecular formula is C14H20ClNO3. The van der Waals surface area contributed by atoms with Gasteiger partial charge < -0.3 is 10.4 Å². The third kappa shape index (κ3) is 3.72. The molecule has 2 rings (SSSR count). The van der Waals surface area contributed by atoms with Crippen molar-refractivity contribution in [1.82, 2.24) is 5.32 Å². The molecule has 0 aromatic heterocycles. The molecule has 0 aliphatic heterocycles. The minimum atomic E-state index is -0.913. The molecule has 0 spiro atoms. The maximum Gasteiger partial charge on any atom is 0.307 e. The first-order valence-corrected chi connectivity index (χ1v) is 7.33. The first-order chi connectivity index (χ1) is 9.08. The molecular weight excluding hydrogens is 266 g/mol. The summed E-state index contributed by atoms with van der Waals surface area (Å²) >= 11 is 5.96. The topological polar surface area (TPSA) is 66.4 Å². The van der Waals surface area contributed by atoms with Crippen molar-refractivity contribution in [2.24, 2.45) is 11.8 Å². The summed E-state index contributed by atoms with van der Waals surface area (Å²) in [6.07, 6.45) is 7.90. The van der Waals surface area contributed by atoms with E-state index in [1.54, 1.807) is 6.08 Å². The molecule has 0 radical (unpaired) electrons. The van der Waals surface area contributed by atoms with Crippen LogP contribution in [0.1, 0.15) is 44.9 Å². The van der Waals surface area contributed by atoms with E-state index < -0.39 is 17.8 Å². The number of aliphatic carboxylic acids is 1. The monoisotopic (exact) mass is 285 g/mol. The zero-order valence-corrected chi connectivity index (χ0v) is 11.7. The summed E-state index contributed by atoms with van der Waals surface area (Å²) in [5.74, 6) is -2.24. The SMILES string of the molecule is O=C(NC1CCCCC1)[C@H]1CC(Cl)=CC[C@H]1C(=O)O. The Kier molecular flexibility index (Phi) is 4.86. The molecule has 5 heteroatoms. The number of allylic oxidation sites excluding steroid dienone is 2. The van der Waals surface area contributed by atoms with Crippen molar-refractivity contribution in [1.29, 1.82) is 0 Å². The minimum absolute atomic E-state index is 0.148. The van der Waals surface area contributed by atoms with Crippen LogP contribution in [0, 0.1) is 11.8 Å². The highest BCUT2D eigenvalue weighted by molar-refractivity contribution is 6.29. The molecule has 2 atom stereocenters. The van der Waals surface area contributed by atoms with E-state index in [4.69, 9.17) is 11.6 Å². The van der Waals surface area contributed by atoms with Gasteiger partial charge in [-0.1, -0.05) is 36.9 Å². The van der Waals surface area contributed by atoms with E-state index in [0.29, 0.717) is 17.9 Å². The second kappa shape index (κ2) is 6.42. The van der Waals surface area contributed by atoms with Gasteiger partial charge in [-0.15, -0.1) is 0 Å². The lowest BCUT2D eigenvalue weighted by atomic mass is 9.82. The lowest BCUT2D eigenvalue weighted by molar-refractivity contribution is -0.147. The largest absolute Gasteiger partial charge is 0.481 e. The van der Waals surface area contributed by atoms with Gasteiger partial charge in [-0.3, -0.25) is 9.59 Å². The summed E-state index contributed by atoms with van der Waals surface area (Å²) in [5, 5.41) is 12.8. The molecule has 0 aromatic rings. The number of carboxylic acids is 1. The fourth-order valence-corrected chi connectivity index (χ4v) is 3.21. The Morgan fingerprint density at radius 2 is 1.89 bits per heavy atom. The van der Waals surface area contributed by atoms with Crippen LogP contribution in [0.25, 0.3) is 0 Å². The van der Waals surface area contributed by atoms with Crippen molar-refractivity contribution in [2.45, 2.75) is 51.0 Å². The highest BCUT2D eigenvalue weighted by Gasteiger charge is 2.36. The average molecular weight is 286 g/mol. The van der Waals surface area contributed by atoms with E-state index in [9.17, 15) is 14.7 Å². The van der Waals surface area contributed by atoms with Crippen LogP contribution in [-0.4, -0.2) is 23.0 Å². The molecule has 0 heterocycles. The Balaban J connectivity index is 1.98. The molecule has 2 N–H and O–H groups in total. The second-order valence-electron chi connectivity index (χ2n) is 5.49. The first-order valence-electron chi connectivity index (χ1n) is 6.95. The lowest BCUT2D eigenvalue weighted by Crippen LogP contribution is -2.44. The Labute approximate surface area is 118 Å². The third-order valence-electron chi connectivity index (χ3n) is 4.10. The summed E-state index contributed by atoms with van der Waals surface area (Å²) in [5.41, 5.74) is 0. The van der Waals surface area contributed by atoms with E-state index in [1.807, 2.05) is 0 Å². The van der Waals surface area contributed by atoms with Crippen molar-refractivity contribution in [3.05, 3.63) is 11.1 Å². The van der Waals surface area contributed by atoms with Crippen molar-refractivity contribution < 1.29 is 14.7 Å². The first kappa shape index (κ1) is 14.4. The predicted molar refractivity (Wildman–Crippen MR) is 72.8 cm³/mol. The van der Waals surface area contributed by atoms with Crippen molar-refractivity contribution in [3.63, 3.8) is 0 Å². The smallest absolute Gasteiger partial charge is 0.307 e. The second-order valence-corrected chi connectivity index (χ2v) is 5.97. The Bertz CT molecular complexity index is 388. The Morgan fingerprint density at radius 3 is 2.53 bits per heavy atom. The van der Waals surface area contributed by atoms with Crippen LogP contribution in [0.5, 0.6) is 0 Å². The van der Waals surface area contributed by atoms with Crippen molar-refractivity contribution in [2.75, 3.05) is 0 Å². The summed E-state index contributed by atoms with van der Waals surface area (Å²) in [4.78, 5) is 23.5. The Morgan fingerprint density at radius 1 is 1.21 bits per heavy atom. The van der Waals surface area contributed by atoms with E-state index in [1.165, 1.54) is 6.42 Å². The Hall–Kier alpha value is -1.03. The summed E-state index contributed by atoms with van der Waals surface area (Å²) < 4.78 is 0. The number of halogens is 1. The number of carbonyl (C=O) groups is 2. The van der Waals surface area contributed by atoms with Gasteiger partial charge >= 0.3 is 5.97 Å². The summed E-state index contributed by atoms with van der Waals surface area (Å²) in [7, 11) is 0. The van der Waals surface area contributed by atoms with E-state index in [-0.39, 0.29) is 11.9 Å². The molecule has 2 aliphatic carbocycles. The van der Waals surface area contributed by atoms with Crippen LogP contribution >= 0.6 is 11.6 Å². The zero-order chi connectivity index (χ0) is 13.8. The highest BCUT2D eigenvalue weighted by atomic mass is 35.5. The van der Waals surface area contributed by atoms with Gasteiger partial charge in [-0.2, -0.15) is 0 Å². The van der Waals surface area contributed by atoms with Gasteiger partial charge in [0, 0.05) is 11.1 Å². The van der Waals surface area contributed by atoms with Gasteiger partial charge in [-0.05, 0) is 25.7 Å². The number of hydrogen-bond donors (Lipinski definition) is 2. The van der Waals surface area contributed by atoms with Gasteiger partial charge in [0.05, 0.1) is 11.8 Å². The zero-order valence-electron chi connectivity index (χ0n) is 10.9. The molecule has 1 fully saturated rings. The van der Waals surface area contributed by atoms with E-state index >= 15 is 0 Å². The van der Waals surface area contributed by atoms with Crippen LogP contribution in [0.4, 0.5) is 0 Å². The van der Waals surface area contributed by atoms with Crippen molar-refractivity contribution >= 4 is 23.5 Å². The van der Waals surface area contributed by atoms with Crippen LogP contribution in [-0.2, 0) is 9.59 Å². The molecule has 2 aliphatic rings. The lowest BCUT2D eigenvalue weighted by Gasteiger charge is -2.29. The molecule has 19 heavy (non-hydrogen) atoms. The molecule has 0 saturated heterocycles. The van der Waals surface area contributed by atoms with Crippen LogP contribution in [0.15, 0.2) is 11.1 Å². The fraction of sp³-hybridized carbons (Fsp3) is 0.714. The maximum atomic E-state index is 12.3. The van der Waals surface area contributed by atoms with Crippen molar-refractivity contribution in [3.8, 4) is 0 Å². The van der Waals surface area contributed by atoms with E-state index in [2.05, 4.69) is 5.32 Å². The molecule has 106 valence electrons. The predicted octanol–water partition coefficient (Wildman–Crippen LogP) is 2.67. The maximum absolute atomic E-state index is 12.3. The van der Waals surface area contributed by atoms with Crippen LogP contribution < -0.4 is 5.32 Å². The molecule has 0 aromatic carbocycles. The van der Waals surface area contributed by atoms with Gasteiger partial charge in [0.25, 0.3) is 0 Å². The molecule has 1 amide bonds. The van der Waals surface area contributed by atoms with Gasteiger partial charge in [0.15, 0.2) is 0 Å². The third-order valence-corrected chi connectivity index (χ3v) is 4.41. The summed E-state index contributed by atoms with van der Waals surface area (Å²) in [6.45, 7) is 0. The number of carboxylic acid groups (broad SMARTS) is 1. The molecule has 4 nitrogen and oxygen atoms in total.